The van der Waals surface area contributed by atoms with Gasteiger partial charge < -0.3 is 19.7 Å². The summed E-state index contributed by atoms with van der Waals surface area (Å²) < 4.78 is 12.0. The fourth-order valence-corrected chi connectivity index (χ4v) is 3.06. The summed E-state index contributed by atoms with van der Waals surface area (Å²) in [4.78, 5) is 18.7. The van der Waals surface area contributed by atoms with Crippen molar-refractivity contribution in [1.29, 1.82) is 0 Å². The van der Waals surface area contributed by atoms with Crippen LogP contribution in [0.2, 0.25) is 0 Å². The van der Waals surface area contributed by atoms with Crippen LogP contribution in [0.4, 0.5) is 5.82 Å². The van der Waals surface area contributed by atoms with E-state index in [9.17, 15) is 4.79 Å². The Hall–Kier alpha value is -3.28. The van der Waals surface area contributed by atoms with Gasteiger partial charge in [0.25, 0.3) is 0 Å². The summed E-state index contributed by atoms with van der Waals surface area (Å²) in [5.41, 5.74) is 1.62. The molecule has 1 aliphatic heterocycles. The summed E-state index contributed by atoms with van der Waals surface area (Å²) in [6.45, 7) is 9.23. The summed E-state index contributed by atoms with van der Waals surface area (Å²) in [6.07, 6.45) is 5.88. The molecule has 0 spiro atoms. The maximum atomic E-state index is 12.7. The molecule has 1 amide bonds. The molecule has 6 nitrogen and oxygen atoms in total. The Kier molecular flexibility index (Phi) is 7.00. The number of hydrogen-bond donors (Lipinski definition) is 1. The lowest BCUT2D eigenvalue weighted by Crippen LogP contribution is -2.40. The highest BCUT2D eigenvalue weighted by molar-refractivity contribution is 5.91. The van der Waals surface area contributed by atoms with Gasteiger partial charge in [0.1, 0.15) is 17.1 Å². The number of pyridine rings is 1. The number of nitrogens with one attached hydrogen (secondary N) is 1. The number of amides is 1. The number of nitrogens with zero attached hydrogens (tertiary/aromatic N) is 2. The van der Waals surface area contributed by atoms with E-state index in [0.29, 0.717) is 18.8 Å². The molecule has 0 atom stereocenters. The molecule has 164 valence electrons. The van der Waals surface area contributed by atoms with E-state index in [2.05, 4.69) is 17.2 Å². The number of carbonyl (C=O) groups is 1. The molecule has 1 aromatic heterocycles. The third-order valence-electron chi connectivity index (χ3n) is 5.11. The molecular formula is C25H31N3O3. The van der Waals surface area contributed by atoms with Gasteiger partial charge in [-0.1, -0.05) is 25.1 Å². The van der Waals surface area contributed by atoms with E-state index in [-0.39, 0.29) is 11.5 Å². The van der Waals surface area contributed by atoms with Gasteiger partial charge in [0, 0.05) is 19.3 Å². The van der Waals surface area contributed by atoms with Gasteiger partial charge in [0.2, 0.25) is 5.91 Å². The first-order valence-electron chi connectivity index (χ1n) is 10.5. The number of para-hydroxylation sites is 1. The van der Waals surface area contributed by atoms with Gasteiger partial charge in [0.15, 0.2) is 11.6 Å². The van der Waals surface area contributed by atoms with E-state index >= 15 is 0 Å². The maximum absolute atomic E-state index is 12.7. The summed E-state index contributed by atoms with van der Waals surface area (Å²) >= 11 is 0. The van der Waals surface area contributed by atoms with Crippen LogP contribution in [0.15, 0.2) is 60.0 Å². The van der Waals surface area contributed by atoms with Gasteiger partial charge in [-0.3, -0.25) is 4.79 Å². The Morgan fingerprint density at radius 2 is 2.06 bits per heavy atom. The fraction of sp³-hybridized carbons (Fsp3) is 0.360. The van der Waals surface area contributed by atoms with Gasteiger partial charge >= 0.3 is 0 Å². The molecule has 0 unspecified atom stereocenters. The second-order valence-corrected chi connectivity index (χ2v) is 8.33. The molecule has 0 saturated carbocycles. The summed E-state index contributed by atoms with van der Waals surface area (Å²) in [5.74, 6) is 2.85. The smallest absolute Gasteiger partial charge is 0.246 e. The van der Waals surface area contributed by atoms with Gasteiger partial charge in [0.05, 0.1) is 13.1 Å². The lowest BCUT2D eigenvalue weighted by molar-refractivity contribution is -0.124. The summed E-state index contributed by atoms with van der Waals surface area (Å²) in [7, 11) is 1.77. The highest BCUT2D eigenvalue weighted by Gasteiger charge is 2.27. The first kappa shape index (κ1) is 22.4. The van der Waals surface area contributed by atoms with Crippen LogP contribution in [-0.4, -0.2) is 41.5 Å². The first-order chi connectivity index (χ1) is 14.8. The molecule has 3 rings (SSSR count). The number of benzene rings is 1. The number of anilines is 1. The largest absolute Gasteiger partial charge is 0.482 e. The number of allylic oxidation sites excluding steroid dienone is 1. The van der Waals surface area contributed by atoms with E-state index in [1.807, 2.05) is 57.2 Å². The average molecular weight is 422 g/mol. The van der Waals surface area contributed by atoms with Crippen molar-refractivity contribution in [2.24, 2.45) is 0 Å². The molecule has 0 saturated heterocycles. The summed E-state index contributed by atoms with van der Waals surface area (Å²) in [5, 5.41) is 3.27. The van der Waals surface area contributed by atoms with Crippen molar-refractivity contribution in [2.45, 2.75) is 39.7 Å². The van der Waals surface area contributed by atoms with Crippen molar-refractivity contribution in [3.63, 3.8) is 0 Å². The van der Waals surface area contributed by atoms with E-state index in [1.165, 1.54) is 0 Å². The number of likely N-dealkylation sites (N-methyl/N-ethyl adjacent to an activating group) is 1. The second-order valence-electron chi connectivity index (χ2n) is 8.33. The Morgan fingerprint density at radius 1 is 1.32 bits per heavy atom. The highest BCUT2D eigenvalue weighted by Crippen LogP contribution is 2.31. The van der Waals surface area contributed by atoms with Gasteiger partial charge in [-0.2, -0.15) is 0 Å². The Labute approximate surface area is 184 Å². The van der Waals surface area contributed by atoms with E-state index in [4.69, 9.17) is 9.47 Å². The second kappa shape index (κ2) is 9.69. The number of ether oxygens (including phenoxy) is 2. The van der Waals surface area contributed by atoms with Crippen molar-refractivity contribution in [3.05, 3.63) is 65.6 Å². The molecule has 1 aliphatic rings. The lowest BCUT2D eigenvalue weighted by atomic mass is 10.1. The minimum absolute atomic E-state index is 0.116. The molecular weight excluding hydrogens is 390 g/mol. The SMILES string of the molecule is CC/C(C)=C(/CN(C)C(=O)/C=C/c1cnc2c(c1)OC(C)(C)CN2)Oc1ccccc1. The fourth-order valence-electron chi connectivity index (χ4n) is 3.06. The zero-order valence-corrected chi connectivity index (χ0v) is 18.9. The number of carbonyl (C=O) groups excluding carboxylic acids is 1. The predicted octanol–water partition coefficient (Wildman–Crippen LogP) is 4.90. The van der Waals surface area contributed by atoms with E-state index in [0.717, 1.165) is 34.9 Å². The van der Waals surface area contributed by atoms with Crippen LogP contribution in [0.3, 0.4) is 0 Å². The molecule has 2 heterocycles. The molecule has 1 aromatic carbocycles. The summed E-state index contributed by atoms with van der Waals surface area (Å²) in [6, 6.07) is 11.5. The minimum Gasteiger partial charge on any atom is -0.482 e. The van der Waals surface area contributed by atoms with Crippen molar-refractivity contribution >= 4 is 17.8 Å². The predicted molar refractivity (Wildman–Crippen MR) is 124 cm³/mol. The third-order valence-corrected chi connectivity index (χ3v) is 5.11. The normalized spacial score (nSPS) is 15.4. The number of fused-ring (bicyclic) bond motifs is 1. The van der Waals surface area contributed by atoms with Gasteiger partial charge in [-0.15, -0.1) is 0 Å². The first-order valence-corrected chi connectivity index (χ1v) is 10.5. The molecule has 1 N–H and O–H groups in total. The Balaban J connectivity index is 1.67. The van der Waals surface area contributed by atoms with Crippen LogP contribution in [0.25, 0.3) is 6.08 Å². The minimum atomic E-state index is -0.300. The monoisotopic (exact) mass is 421 g/mol. The molecule has 31 heavy (non-hydrogen) atoms. The van der Waals surface area contributed by atoms with Crippen molar-refractivity contribution in [1.82, 2.24) is 9.88 Å². The van der Waals surface area contributed by atoms with Crippen LogP contribution in [0, 0.1) is 0 Å². The van der Waals surface area contributed by atoms with E-state index < -0.39 is 0 Å². The highest BCUT2D eigenvalue weighted by atomic mass is 16.5. The Morgan fingerprint density at radius 3 is 2.77 bits per heavy atom. The molecule has 0 aliphatic carbocycles. The number of aromatic nitrogens is 1. The van der Waals surface area contributed by atoms with Crippen LogP contribution in [0.1, 0.15) is 39.7 Å². The average Bonchev–Trinajstić information content (AvgIpc) is 2.76. The van der Waals surface area contributed by atoms with Crippen LogP contribution < -0.4 is 14.8 Å². The zero-order valence-electron chi connectivity index (χ0n) is 18.9. The quantitative estimate of drug-likeness (QED) is 0.509. The molecule has 0 radical (unpaired) electrons. The van der Waals surface area contributed by atoms with Crippen LogP contribution in [-0.2, 0) is 4.79 Å². The van der Waals surface area contributed by atoms with Crippen molar-refractivity contribution in [2.75, 3.05) is 25.5 Å². The molecule has 0 fully saturated rings. The Bertz CT molecular complexity index is 981. The van der Waals surface area contributed by atoms with Gasteiger partial charge in [-0.25, -0.2) is 4.98 Å². The topological polar surface area (TPSA) is 63.7 Å². The van der Waals surface area contributed by atoms with E-state index in [1.54, 1.807) is 30.3 Å². The molecule has 6 heteroatoms. The van der Waals surface area contributed by atoms with Crippen molar-refractivity contribution < 1.29 is 14.3 Å². The zero-order chi connectivity index (χ0) is 22.4. The van der Waals surface area contributed by atoms with Crippen LogP contribution in [0.5, 0.6) is 11.5 Å². The van der Waals surface area contributed by atoms with Gasteiger partial charge in [-0.05, 0) is 62.6 Å². The molecule has 0 bridgehead atoms. The maximum Gasteiger partial charge on any atom is 0.246 e. The standard InChI is InChI=1S/C25H31N3O3/c1-6-18(2)22(30-20-10-8-7-9-11-20)16-28(5)23(29)13-12-19-14-21-24(26-15-19)27-17-25(3,4)31-21/h7-15H,6,16-17H2,1-5H3,(H,26,27)/b13-12+,22-18-. The molecule has 2 aromatic rings. The number of hydrogen-bond acceptors (Lipinski definition) is 5. The lowest BCUT2D eigenvalue weighted by Gasteiger charge is -2.32. The van der Waals surface area contributed by atoms with Crippen LogP contribution >= 0.6 is 0 Å². The third kappa shape index (κ3) is 6.10. The number of rotatable bonds is 7. The van der Waals surface area contributed by atoms with Crippen molar-refractivity contribution in [3.8, 4) is 11.5 Å².